The summed E-state index contributed by atoms with van der Waals surface area (Å²) >= 11 is 0. The maximum Gasteiger partial charge on any atom is 0.148 e. The van der Waals surface area contributed by atoms with Gasteiger partial charge >= 0.3 is 0 Å². The molecule has 1 aromatic heterocycles. The Kier molecular flexibility index (Phi) is 4.01. The highest BCUT2D eigenvalue weighted by atomic mass is 15.3. The zero-order valence-corrected chi connectivity index (χ0v) is 11.5. The van der Waals surface area contributed by atoms with Gasteiger partial charge < -0.3 is 10.3 Å². The van der Waals surface area contributed by atoms with Crippen molar-refractivity contribution in [3.05, 3.63) is 11.9 Å². The lowest BCUT2D eigenvalue weighted by Gasteiger charge is -2.38. The highest BCUT2D eigenvalue weighted by Crippen LogP contribution is 2.30. The Morgan fingerprint density at radius 3 is 2.83 bits per heavy atom. The van der Waals surface area contributed by atoms with Gasteiger partial charge in [-0.05, 0) is 32.1 Å². The van der Waals surface area contributed by atoms with Gasteiger partial charge in [-0.15, -0.1) is 0 Å². The minimum atomic E-state index is 0.534. The average molecular weight is 249 g/mol. The molecule has 0 saturated carbocycles. The molecule has 0 aliphatic carbocycles. The fourth-order valence-electron chi connectivity index (χ4n) is 2.68. The highest BCUT2D eigenvalue weighted by molar-refractivity contribution is 5.59. The van der Waals surface area contributed by atoms with Crippen molar-refractivity contribution in [2.45, 2.75) is 46.1 Å². The van der Waals surface area contributed by atoms with Gasteiger partial charge in [0.15, 0.2) is 0 Å². The van der Waals surface area contributed by atoms with Crippen molar-refractivity contribution in [3.8, 4) is 0 Å². The quantitative estimate of drug-likeness (QED) is 0.633. The molecule has 1 aliphatic rings. The molecule has 1 fully saturated rings. The predicted octanol–water partition coefficient (Wildman–Crippen LogP) is 1.95. The Hall–Kier alpha value is -1.36. The number of hydrogen-bond acceptors (Lipinski definition) is 5. The minimum Gasteiger partial charge on any atom is -0.353 e. The number of nitrogens with two attached hydrogens (primary N) is 1. The molecule has 1 aliphatic heterocycles. The summed E-state index contributed by atoms with van der Waals surface area (Å²) in [7, 11) is 0. The van der Waals surface area contributed by atoms with Gasteiger partial charge in [0, 0.05) is 18.2 Å². The van der Waals surface area contributed by atoms with Gasteiger partial charge in [-0.1, -0.05) is 13.8 Å². The van der Waals surface area contributed by atoms with Crippen molar-refractivity contribution in [1.82, 2.24) is 9.97 Å². The highest BCUT2D eigenvalue weighted by Gasteiger charge is 2.26. The van der Waals surface area contributed by atoms with E-state index >= 15 is 0 Å². The van der Waals surface area contributed by atoms with E-state index in [1.54, 1.807) is 6.33 Å². The van der Waals surface area contributed by atoms with Crippen LogP contribution >= 0.6 is 0 Å². The van der Waals surface area contributed by atoms with Crippen LogP contribution in [-0.4, -0.2) is 22.6 Å². The second-order valence-corrected chi connectivity index (χ2v) is 5.21. The van der Waals surface area contributed by atoms with E-state index in [1.807, 2.05) is 0 Å². The van der Waals surface area contributed by atoms with E-state index in [-0.39, 0.29) is 0 Å². The minimum absolute atomic E-state index is 0.534. The number of nitrogens with one attached hydrogen (secondary N) is 1. The topological polar surface area (TPSA) is 67.1 Å². The van der Waals surface area contributed by atoms with E-state index in [9.17, 15) is 0 Å². The third-order valence-electron chi connectivity index (χ3n) is 3.80. The van der Waals surface area contributed by atoms with Crippen LogP contribution in [0.15, 0.2) is 6.33 Å². The maximum absolute atomic E-state index is 5.53. The number of nitrogens with zero attached hydrogens (tertiary/aromatic N) is 3. The molecule has 0 spiro atoms. The summed E-state index contributed by atoms with van der Waals surface area (Å²) in [6.45, 7) is 7.74. The van der Waals surface area contributed by atoms with Gasteiger partial charge in [0.2, 0.25) is 0 Å². The van der Waals surface area contributed by atoms with Gasteiger partial charge in [-0.25, -0.2) is 15.8 Å². The fourth-order valence-corrected chi connectivity index (χ4v) is 2.68. The van der Waals surface area contributed by atoms with Gasteiger partial charge in [-0.2, -0.15) is 0 Å². The first-order valence-corrected chi connectivity index (χ1v) is 6.74. The summed E-state index contributed by atoms with van der Waals surface area (Å²) in [5.74, 6) is 8.03. The third kappa shape index (κ3) is 2.41. The molecular weight excluding hydrogens is 226 g/mol. The van der Waals surface area contributed by atoms with Crippen LogP contribution in [0.2, 0.25) is 0 Å². The van der Waals surface area contributed by atoms with Crippen LogP contribution in [0.5, 0.6) is 0 Å². The van der Waals surface area contributed by atoms with Gasteiger partial charge in [-0.3, -0.25) is 0 Å². The number of anilines is 2. The van der Waals surface area contributed by atoms with Crippen LogP contribution in [0.25, 0.3) is 0 Å². The summed E-state index contributed by atoms with van der Waals surface area (Å²) in [4.78, 5) is 11.1. The van der Waals surface area contributed by atoms with E-state index < -0.39 is 0 Å². The number of aromatic nitrogens is 2. The molecule has 1 saturated heterocycles. The summed E-state index contributed by atoms with van der Waals surface area (Å²) in [6, 6.07) is 0.534. The molecule has 2 heterocycles. The van der Waals surface area contributed by atoms with E-state index in [0.717, 1.165) is 36.1 Å². The van der Waals surface area contributed by atoms with Crippen LogP contribution in [-0.2, 0) is 6.42 Å². The number of rotatable bonds is 3. The molecular formula is C13H23N5. The smallest absolute Gasteiger partial charge is 0.148 e. The van der Waals surface area contributed by atoms with Gasteiger partial charge in [0.05, 0.1) is 0 Å². The maximum atomic E-state index is 5.53. The van der Waals surface area contributed by atoms with Crippen LogP contribution in [0, 0.1) is 5.92 Å². The number of hydrazine groups is 1. The Labute approximate surface area is 109 Å². The standard InChI is InChI=1S/C13H23N5/c1-4-11-12(17-14)15-8-16-13(11)18-7-9(2)5-6-10(18)3/h8-10H,4-7,14H2,1-3H3,(H,15,16,17). The molecule has 5 nitrogen and oxygen atoms in total. The summed E-state index contributed by atoms with van der Waals surface area (Å²) in [5, 5.41) is 0. The molecule has 1 aromatic rings. The molecule has 2 unspecified atom stereocenters. The Balaban J connectivity index is 2.36. The molecule has 0 radical (unpaired) electrons. The van der Waals surface area contributed by atoms with Crippen LogP contribution in [0.4, 0.5) is 11.6 Å². The van der Waals surface area contributed by atoms with Gasteiger partial charge in [0.25, 0.3) is 0 Å². The summed E-state index contributed by atoms with van der Waals surface area (Å²) in [6.07, 6.45) is 4.99. The van der Waals surface area contributed by atoms with Crippen LogP contribution in [0.1, 0.15) is 39.2 Å². The van der Waals surface area contributed by atoms with Crippen molar-refractivity contribution >= 4 is 11.6 Å². The third-order valence-corrected chi connectivity index (χ3v) is 3.80. The lowest BCUT2D eigenvalue weighted by atomic mass is 9.94. The zero-order chi connectivity index (χ0) is 13.1. The Morgan fingerprint density at radius 1 is 1.39 bits per heavy atom. The molecule has 2 rings (SSSR count). The van der Waals surface area contributed by atoms with E-state index in [0.29, 0.717) is 6.04 Å². The van der Waals surface area contributed by atoms with Crippen molar-refractivity contribution in [2.75, 3.05) is 16.9 Å². The lowest BCUT2D eigenvalue weighted by molar-refractivity contribution is 0.387. The number of nitrogen functional groups attached to an aromatic ring is 1. The molecule has 0 aromatic carbocycles. The molecule has 0 bridgehead atoms. The summed E-state index contributed by atoms with van der Waals surface area (Å²) in [5.41, 5.74) is 3.79. The molecule has 2 atom stereocenters. The second-order valence-electron chi connectivity index (χ2n) is 5.21. The number of piperidine rings is 1. The second kappa shape index (κ2) is 5.52. The van der Waals surface area contributed by atoms with Crippen LogP contribution < -0.4 is 16.2 Å². The fraction of sp³-hybridized carbons (Fsp3) is 0.692. The molecule has 5 heteroatoms. The molecule has 100 valence electrons. The first-order valence-electron chi connectivity index (χ1n) is 6.74. The van der Waals surface area contributed by atoms with E-state index in [4.69, 9.17) is 5.84 Å². The van der Waals surface area contributed by atoms with E-state index in [2.05, 4.69) is 41.1 Å². The van der Waals surface area contributed by atoms with Crippen molar-refractivity contribution in [1.29, 1.82) is 0 Å². The monoisotopic (exact) mass is 249 g/mol. The zero-order valence-electron chi connectivity index (χ0n) is 11.5. The lowest BCUT2D eigenvalue weighted by Crippen LogP contribution is -2.42. The number of hydrogen-bond donors (Lipinski definition) is 2. The first kappa shape index (κ1) is 13.1. The largest absolute Gasteiger partial charge is 0.353 e. The van der Waals surface area contributed by atoms with Crippen molar-refractivity contribution in [2.24, 2.45) is 11.8 Å². The average Bonchev–Trinajstić information content (AvgIpc) is 2.40. The van der Waals surface area contributed by atoms with Gasteiger partial charge in [0.1, 0.15) is 18.0 Å². The molecule has 3 N–H and O–H groups in total. The van der Waals surface area contributed by atoms with E-state index in [1.165, 1.54) is 12.8 Å². The Bertz CT molecular complexity index is 406. The molecule has 18 heavy (non-hydrogen) atoms. The first-order chi connectivity index (χ1) is 8.67. The predicted molar refractivity (Wildman–Crippen MR) is 74.4 cm³/mol. The van der Waals surface area contributed by atoms with Crippen LogP contribution in [0.3, 0.4) is 0 Å². The van der Waals surface area contributed by atoms with Crippen molar-refractivity contribution < 1.29 is 0 Å². The Morgan fingerprint density at radius 2 is 2.17 bits per heavy atom. The normalized spacial score (nSPS) is 24.1. The SMILES string of the molecule is CCc1c(NN)ncnc1N1CC(C)CCC1C. The molecule has 0 amide bonds. The van der Waals surface area contributed by atoms with Crippen molar-refractivity contribution in [3.63, 3.8) is 0 Å². The summed E-state index contributed by atoms with van der Waals surface area (Å²) < 4.78 is 0.